The molecule has 440 valence electrons. The van der Waals surface area contributed by atoms with E-state index in [1.807, 2.05) is 63.5 Å². The Hall–Kier alpha value is -7.35. The van der Waals surface area contributed by atoms with Crippen LogP contribution in [0.25, 0.3) is 43.4 Å². The first-order valence-electron chi connectivity index (χ1n) is 29.4. The number of hydrogen-bond acceptors (Lipinski definition) is 17. The van der Waals surface area contributed by atoms with E-state index in [9.17, 15) is 24.9 Å². The molecule has 5 saturated heterocycles. The second kappa shape index (κ2) is 23.6. The van der Waals surface area contributed by atoms with Crippen molar-refractivity contribution in [3.05, 3.63) is 101 Å². The highest BCUT2D eigenvalue weighted by Crippen LogP contribution is 2.41. The van der Waals surface area contributed by atoms with Crippen molar-refractivity contribution < 1.29 is 42.9 Å². The maximum atomic E-state index is 17.1. The number of piperidine rings is 2. The van der Waals surface area contributed by atoms with Gasteiger partial charge in [-0.2, -0.15) is 9.97 Å². The number of aliphatic hydroxyl groups is 2. The Morgan fingerprint density at radius 2 is 1.71 bits per heavy atom. The van der Waals surface area contributed by atoms with Gasteiger partial charge in [-0.15, -0.1) is 17.8 Å². The first kappa shape index (κ1) is 57.1. The number of nitrogens with one attached hydrogen (secondary N) is 2. The van der Waals surface area contributed by atoms with E-state index in [4.69, 9.17) is 20.7 Å². The summed E-state index contributed by atoms with van der Waals surface area (Å²) in [5.41, 5.74) is 3.86. The summed E-state index contributed by atoms with van der Waals surface area (Å²) in [6.45, 7) is 12.6. The molecule has 2 unspecified atom stereocenters. The van der Waals surface area contributed by atoms with Crippen molar-refractivity contribution in [2.24, 2.45) is 11.8 Å². The number of pyridine rings is 1. The number of ether oxygens (including phenoxy) is 1. The van der Waals surface area contributed by atoms with Gasteiger partial charge in [-0.1, -0.05) is 55.3 Å². The number of carbonyl (C=O) groups is 2. The molecule has 9 heterocycles. The number of phenols is 1. The molecule has 2 bridgehead atoms. The Labute approximate surface area is 490 Å². The van der Waals surface area contributed by atoms with E-state index in [-0.39, 0.29) is 94.9 Å². The third kappa shape index (κ3) is 11.5. The number of aliphatic hydroxyl groups excluding tert-OH is 1. The Morgan fingerprint density at radius 3 is 2.42 bits per heavy atom. The van der Waals surface area contributed by atoms with Crippen LogP contribution in [0.2, 0.25) is 0 Å². The first-order valence-corrected chi connectivity index (χ1v) is 30.3. The van der Waals surface area contributed by atoms with Crippen LogP contribution in [0.4, 0.5) is 20.4 Å². The van der Waals surface area contributed by atoms with E-state index < -0.39 is 35.3 Å². The van der Waals surface area contributed by atoms with Gasteiger partial charge < -0.3 is 49.9 Å². The quantitative estimate of drug-likeness (QED) is 0.0575. The molecule has 5 aliphatic heterocycles. The largest absolute Gasteiger partial charge is 0.508 e. The normalized spacial score (nSPS) is 21.8. The van der Waals surface area contributed by atoms with Gasteiger partial charge in [-0.3, -0.25) is 19.5 Å². The van der Waals surface area contributed by atoms with Crippen LogP contribution in [0.5, 0.6) is 11.8 Å². The minimum absolute atomic E-state index is 0.00946. The second-order valence-electron chi connectivity index (χ2n) is 24.1. The van der Waals surface area contributed by atoms with Gasteiger partial charge in [-0.05, 0) is 105 Å². The van der Waals surface area contributed by atoms with Gasteiger partial charge in [-0.25, -0.2) is 13.8 Å². The number of benzene rings is 3. The van der Waals surface area contributed by atoms with Crippen LogP contribution in [0.1, 0.15) is 107 Å². The molecule has 21 heteroatoms. The lowest BCUT2D eigenvalue weighted by atomic mass is 9.79. The number of hydrogen-bond donors (Lipinski definition) is 5. The van der Waals surface area contributed by atoms with Crippen LogP contribution in [0.3, 0.4) is 0 Å². The van der Waals surface area contributed by atoms with Crippen LogP contribution in [-0.2, 0) is 9.59 Å². The SMILES string of the molecule is C#Cc1c(F)ccc2cc(O)cc(-c3ncc4c(N5CC6CCC(C5)N6)nc(OCCN5CCC(O)(CC6CCN(c7cc([C@H](C(=O)N8C[C@H](O)C[C@H]8C(=O)N[C@@H](C)c8ccc(-c9scnc9C)cc8)C(C)C)on7)CC6)CC5)nc4c3F)c12. The molecule has 0 radical (unpaired) electrons. The van der Waals surface area contributed by atoms with Gasteiger partial charge in [0.15, 0.2) is 17.4 Å². The number of carbonyl (C=O) groups excluding carboxylic acids is 2. The van der Waals surface area contributed by atoms with Crippen molar-refractivity contribution in [2.75, 3.05) is 68.8 Å². The highest BCUT2D eigenvalue weighted by atomic mass is 32.1. The first-order chi connectivity index (χ1) is 40.5. The summed E-state index contributed by atoms with van der Waals surface area (Å²) in [5, 5.41) is 45.7. The van der Waals surface area contributed by atoms with Crippen LogP contribution in [-0.4, -0.2) is 151 Å². The molecule has 2 amide bonds. The molecule has 5 N–H and O–H groups in total. The molecule has 0 saturated carbocycles. The maximum absolute atomic E-state index is 17.1. The van der Waals surface area contributed by atoms with Crippen molar-refractivity contribution in [2.45, 2.75) is 121 Å². The topological polar surface area (TPSA) is 219 Å². The number of rotatable bonds is 16. The highest BCUT2D eigenvalue weighted by molar-refractivity contribution is 7.13. The Morgan fingerprint density at radius 1 is 0.964 bits per heavy atom. The van der Waals surface area contributed by atoms with Gasteiger partial charge in [0, 0.05) is 94.1 Å². The van der Waals surface area contributed by atoms with Crippen molar-refractivity contribution >= 4 is 56.5 Å². The van der Waals surface area contributed by atoms with E-state index in [0.29, 0.717) is 99.2 Å². The number of phenolic OH excluding ortho intramolecular Hbond substituents is 1. The van der Waals surface area contributed by atoms with Crippen LogP contribution in [0.15, 0.2) is 70.8 Å². The number of aromatic nitrogens is 5. The summed E-state index contributed by atoms with van der Waals surface area (Å²) in [5.74, 6) is 1.16. The molecule has 3 aromatic carbocycles. The number of thiazole rings is 1. The lowest BCUT2D eigenvalue weighted by Crippen LogP contribution is -2.51. The Balaban J connectivity index is 0.647. The molecule has 5 aliphatic rings. The summed E-state index contributed by atoms with van der Waals surface area (Å²) in [7, 11) is 0. The summed E-state index contributed by atoms with van der Waals surface area (Å²) in [6.07, 6.45) is 12.2. The maximum Gasteiger partial charge on any atom is 0.319 e. The number of nitrogens with zero attached hydrogens (tertiary/aromatic N) is 9. The molecular weight excluding hydrogens is 1090 g/mol. The van der Waals surface area contributed by atoms with E-state index in [1.165, 1.54) is 35.4 Å². The van der Waals surface area contributed by atoms with E-state index in [2.05, 4.69) is 51.4 Å². The molecule has 0 spiro atoms. The number of piperazine rings is 1. The molecule has 0 aliphatic carbocycles. The molecule has 84 heavy (non-hydrogen) atoms. The van der Waals surface area contributed by atoms with Gasteiger partial charge >= 0.3 is 6.01 Å². The number of halogens is 2. The lowest BCUT2D eigenvalue weighted by molar-refractivity contribution is -0.141. The van der Waals surface area contributed by atoms with E-state index >= 15 is 8.78 Å². The molecule has 4 aromatic heterocycles. The van der Waals surface area contributed by atoms with Gasteiger partial charge in [0.1, 0.15) is 47.2 Å². The number of anilines is 2. The van der Waals surface area contributed by atoms with E-state index in [1.54, 1.807) is 11.3 Å². The summed E-state index contributed by atoms with van der Waals surface area (Å²) >= 11 is 1.58. The van der Waals surface area contributed by atoms with Crippen molar-refractivity contribution in [3.63, 3.8) is 0 Å². The van der Waals surface area contributed by atoms with Crippen molar-refractivity contribution in [1.29, 1.82) is 0 Å². The standard InChI is InChI=1S/C63H71F2N11O7S/c1-6-46-49(64)14-11-41-25-44(77)26-47(54(41)46)56-55(65)57-48(30-66-56)59(75-31-42-12-13-43(32-75)69-42)71-62(70-57)82-24-23-73-21-17-63(81,18-22-73)29-38-15-19-74(20-16-38)52-28-51(83-72-52)53(35(2)3)61(80)76-33-45(78)27-50(76)60(79)68-36(4)39-7-9-40(10-8-39)58-37(5)67-34-84-58/h1,7-11,14,25-26,28,30,34-36,38,42-43,45,50,53,69,77-78,81H,12-13,15-24,27,29,31-33H2,2-5H3,(H,68,79)/t36-,42?,43?,45+,50-,53+/m0/s1. The van der Waals surface area contributed by atoms with E-state index in [0.717, 1.165) is 47.4 Å². The summed E-state index contributed by atoms with van der Waals surface area (Å²) in [4.78, 5) is 55.9. The van der Waals surface area contributed by atoms with Crippen LogP contribution in [0, 0.1) is 42.7 Å². The number of fused-ring (bicyclic) bond motifs is 4. The zero-order valence-electron chi connectivity index (χ0n) is 47.7. The fourth-order valence-corrected chi connectivity index (χ4v) is 14.3. The predicted molar refractivity (Wildman–Crippen MR) is 317 cm³/mol. The summed E-state index contributed by atoms with van der Waals surface area (Å²) < 4.78 is 44.4. The number of amides is 2. The Kier molecular flexibility index (Phi) is 16.0. The average molecular weight is 1160 g/mol. The second-order valence-corrected chi connectivity index (χ2v) is 24.9. The summed E-state index contributed by atoms with van der Waals surface area (Å²) in [6, 6.07) is 14.7. The van der Waals surface area contributed by atoms with Crippen LogP contribution >= 0.6 is 11.3 Å². The fraction of sp³-hybridized carbons (Fsp3) is 0.476. The Bertz CT molecular complexity index is 3620. The molecule has 5 fully saturated rings. The van der Waals surface area contributed by atoms with Crippen molar-refractivity contribution in [1.82, 2.24) is 45.5 Å². The third-order valence-electron chi connectivity index (χ3n) is 18.0. The molecular formula is C63H71F2N11O7S. The predicted octanol–water partition coefficient (Wildman–Crippen LogP) is 8.26. The minimum Gasteiger partial charge on any atom is -0.508 e. The lowest BCUT2D eigenvalue weighted by Gasteiger charge is -2.41. The fourth-order valence-electron chi connectivity index (χ4n) is 13.5. The number of aromatic hydroxyl groups is 1. The average Bonchev–Trinajstić information content (AvgIpc) is 2.21. The number of β-amino-alcohol motifs (C(OH)–C–C–N with tert-alkyl or cyclic N) is 1. The smallest absolute Gasteiger partial charge is 0.319 e. The van der Waals surface area contributed by atoms with Crippen molar-refractivity contribution in [3.8, 4) is 45.8 Å². The zero-order chi connectivity index (χ0) is 58.6. The molecule has 18 nitrogen and oxygen atoms in total. The third-order valence-corrected chi connectivity index (χ3v) is 19.0. The number of terminal acetylenes is 1. The monoisotopic (exact) mass is 1160 g/mol. The number of aryl methyl sites for hydroxylation is 1. The minimum atomic E-state index is -0.847. The van der Waals surface area contributed by atoms with Gasteiger partial charge in [0.2, 0.25) is 11.8 Å². The highest BCUT2D eigenvalue weighted by Gasteiger charge is 2.44. The van der Waals surface area contributed by atoms with Gasteiger partial charge in [0.05, 0.1) is 44.8 Å². The molecule has 7 aromatic rings. The van der Waals surface area contributed by atoms with Gasteiger partial charge in [0.25, 0.3) is 0 Å². The molecule has 12 rings (SSSR count). The van der Waals surface area contributed by atoms with Crippen LogP contribution < -0.4 is 25.2 Å². The molecule has 6 atom stereocenters. The number of likely N-dealkylation sites (tertiary alicyclic amines) is 2. The zero-order valence-corrected chi connectivity index (χ0v) is 48.5.